The number of alkyl halides is 3. The van der Waals surface area contributed by atoms with Crippen molar-refractivity contribution in [1.29, 1.82) is 0 Å². The Kier molecular flexibility index (Phi) is 5.43. The van der Waals surface area contributed by atoms with E-state index < -0.39 is 5.07 Å². The van der Waals surface area contributed by atoms with Gasteiger partial charge in [0.1, 0.15) is 0 Å². The van der Waals surface area contributed by atoms with Crippen LogP contribution >= 0.6 is 0 Å². The summed E-state index contributed by atoms with van der Waals surface area (Å²) in [5.74, 6) is 0. The molecule has 64 valence electrons. The van der Waals surface area contributed by atoms with Crippen molar-refractivity contribution >= 4 is 16.0 Å². The van der Waals surface area contributed by atoms with E-state index >= 15 is 0 Å². The van der Waals surface area contributed by atoms with Gasteiger partial charge in [0, 0.05) is 0 Å². The third kappa shape index (κ3) is 6020. The zero-order chi connectivity index (χ0) is 9.00. The van der Waals surface area contributed by atoms with Crippen molar-refractivity contribution in [2.75, 3.05) is 28.2 Å². The van der Waals surface area contributed by atoms with Gasteiger partial charge in [0.05, 0.1) is 28.2 Å². The second-order valence-corrected chi connectivity index (χ2v) is 4.10. The van der Waals surface area contributed by atoms with Gasteiger partial charge in [0.15, 0.2) is 0 Å². The molecule has 0 aliphatic heterocycles. The molecule has 0 radical (unpaired) electrons. The Morgan fingerprint density at radius 1 is 1.00 bits per heavy atom. The van der Waals surface area contributed by atoms with E-state index in [1.807, 2.05) is 0 Å². The van der Waals surface area contributed by atoms with Gasteiger partial charge in [-0.25, -0.2) is 0 Å². The van der Waals surface area contributed by atoms with Gasteiger partial charge >= 0.3 is 34.3 Å². The monoisotopic (exact) mass is 223 g/mol. The molecule has 0 saturated carbocycles. The van der Waals surface area contributed by atoms with Crippen LogP contribution in [0.4, 0.5) is 13.2 Å². The second-order valence-electron chi connectivity index (χ2n) is 3.13. The first-order valence-corrected chi connectivity index (χ1v) is 3.42. The van der Waals surface area contributed by atoms with Crippen molar-refractivity contribution in [2.24, 2.45) is 0 Å². The molecular weight excluding hydrogens is 210 g/mol. The van der Waals surface area contributed by atoms with Crippen molar-refractivity contribution in [1.82, 2.24) is 0 Å². The Labute approximate surface area is 67.6 Å². The maximum absolute atomic E-state index is 10.3. The van der Waals surface area contributed by atoms with Crippen LogP contribution in [0.15, 0.2) is 0 Å². The van der Waals surface area contributed by atoms with Gasteiger partial charge in [-0.3, -0.25) is 0 Å². The van der Waals surface area contributed by atoms with Crippen LogP contribution in [0.25, 0.3) is 0 Å². The van der Waals surface area contributed by atoms with Crippen molar-refractivity contribution in [3.63, 3.8) is 0 Å². The fraction of sp³-hybridized carbons (Fsp3) is 1.00. The summed E-state index contributed by atoms with van der Waals surface area (Å²) in [6, 6.07) is 0. The first-order chi connectivity index (χ1) is 4.00. The minimum absolute atomic E-state index is 0.979. The zero-order valence-corrected chi connectivity index (χ0v) is 8.20. The molecule has 0 rings (SSSR count). The quantitative estimate of drug-likeness (QED) is 0.423. The summed E-state index contributed by atoms with van der Waals surface area (Å²) < 4.78 is 31.9. The molecule has 1 nitrogen and oxygen atoms in total. The van der Waals surface area contributed by atoms with E-state index in [0.29, 0.717) is 0 Å². The van der Waals surface area contributed by atoms with Crippen LogP contribution in [0.3, 0.4) is 0 Å². The number of halogens is 3. The number of nitrogens with zero attached hydrogens (tertiary/aromatic N) is 1. The van der Waals surface area contributed by atoms with Gasteiger partial charge in [-0.05, 0) is 0 Å². The van der Waals surface area contributed by atoms with Crippen molar-refractivity contribution in [3.8, 4) is 0 Å². The minimum atomic E-state index is -4.12. The first-order valence-electron chi connectivity index (χ1n) is 2.56. The Morgan fingerprint density at radius 3 is 1.00 bits per heavy atom. The average Bonchev–Trinajstić information content (AvgIpc) is 1.12. The number of rotatable bonds is 0. The molecule has 0 saturated heterocycles. The number of quaternary nitrogens is 1. The Balaban J connectivity index is 0. The molecule has 10 heavy (non-hydrogen) atoms. The molecule has 0 amide bonds. The topological polar surface area (TPSA) is 0 Å². The molecule has 0 aromatic heterocycles. The molecule has 0 fully saturated rings. The predicted octanol–water partition coefficient (Wildman–Crippen LogP) is 0.997. The number of hydrogen-bond donors (Lipinski definition) is 0. The fourth-order valence-corrected chi connectivity index (χ4v) is 0. The van der Waals surface area contributed by atoms with Crippen molar-refractivity contribution in [3.05, 3.63) is 0 Å². The van der Waals surface area contributed by atoms with Crippen LogP contribution in [0.5, 0.6) is 0 Å². The molecule has 0 unspecified atom stereocenters. The normalized spacial score (nSPS) is 12.0. The van der Waals surface area contributed by atoms with Gasteiger partial charge < -0.3 is 4.48 Å². The van der Waals surface area contributed by atoms with E-state index in [4.69, 9.17) is 0 Å². The average molecular weight is 222 g/mol. The summed E-state index contributed by atoms with van der Waals surface area (Å²) in [4.78, 5) is 0. The maximum atomic E-state index is 10.3. The van der Waals surface area contributed by atoms with E-state index in [-0.39, 0.29) is 0 Å². The Morgan fingerprint density at radius 2 is 1.00 bits per heavy atom. The van der Waals surface area contributed by atoms with Crippen molar-refractivity contribution < 1.29 is 17.7 Å². The summed E-state index contributed by atoms with van der Waals surface area (Å²) in [6.07, 6.45) is 0. The van der Waals surface area contributed by atoms with Gasteiger partial charge in [-0.15, -0.1) is 0 Å². The van der Waals surface area contributed by atoms with Crippen molar-refractivity contribution in [2.45, 2.75) is 5.07 Å². The molecule has 0 aliphatic carbocycles. The Bertz CT molecular complexity index is 59.9. The molecule has 0 aromatic rings. The van der Waals surface area contributed by atoms with E-state index in [9.17, 15) is 13.2 Å². The second kappa shape index (κ2) is 4.21. The first kappa shape index (κ1) is 12.9. The van der Waals surface area contributed by atoms with E-state index in [1.165, 1.54) is 0 Å². The van der Waals surface area contributed by atoms with E-state index in [2.05, 4.69) is 28.2 Å². The molecule has 0 aromatic carbocycles. The molecule has 0 bridgehead atoms. The molecular formula is C5H12F3NSe. The van der Waals surface area contributed by atoms with Gasteiger partial charge in [0.25, 0.3) is 0 Å². The van der Waals surface area contributed by atoms with Crippen LogP contribution < -0.4 is 0 Å². The van der Waals surface area contributed by atoms with Crippen LogP contribution in [0.2, 0.25) is 0 Å². The molecule has 0 heterocycles. The van der Waals surface area contributed by atoms with E-state index in [1.54, 1.807) is 0 Å². The summed E-state index contributed by atoms with van der Waals surface area (Å²) >= 11 is 0.979. The SMILES string of the molecule is C[N+](C)(C)C.FC(F)(F)[Se-]. The van der Waals surface area contributed by atoms with Gasteiger partial charge in [-0.2, -0.15) is 0 Å². The van der Waals surface area contributed by atoms with Gasteiger partial charge in [-0.1, -0.05) is 0 Å². The number of hydrogen-bond acceptors (Lipinski definition) is 0. The molecule has 0 atom stereocenters. The van der Waals surface area contributed by atoms with Crippen LogP contribution in [0, 0.1) is 0 Å². The molecule has 0 aliphatic rings. The fourth-order valence-electron chi connectivity index (χ4n) is 0. The summed E-state index contributed by atoms with van der Waals surface area (Å²) in [5.41, 5.74) is 0. The summed E-state index contributed by atoms with van der Waals surface area (Å²) in [6.45, 7) is 0. The predicted molar refractivity (Wildman–Crippen MR) is 35.8 cm³/mol. The van der Waals surface area contributed by atoms with E-state index in [0.717, 1.165) is 20.5 Å². The third-order valence-corrected chi connectivity index (χ3v) is 0. The van der Waals surface area contributed by atoms with Crippen LogP contribution in [-0.2, 0) is 0 Å². The molecule has 5 heteroatoms. The van der Waals surface area contributed by atoms with Crippen LogP contribution in [-0.4, -0.2) is 53.8 Å². The molecule has 0 spiro atoms. The summed E-state index contributed by atoms with van der Waals surface area (Å²) in [7, 11) is 8.50. The Hall–Kier alpha value is 0.269. The van der Waals surface area contributed by atoms with Gasteiger partial charge in [0.2, 0.25) is 0 Å². The standard InChI is InChI=1S/C4H12N.CHF3Se/c1-5(2,3)4;2-1(3,4)5/h1-4H3;5H/q+1;/p-1. The molecule has 0 N–H and O–H groups in total. The zero-order valence-electron chi connectivity index (χ0n) is 6.49. The third-order valence-electron chi connectivity index (χ3n) is 0. The summed E-state index contributed by atoms with van der Waals surface area (Å²) in [5, 5.41) is -4.12. The van der Waals surface area contributed by atoms with Crippen LogP contribution in [0.1, 0.15) is 0 Å².